The van der Waals surface area contributed by atoms with Gasteiger partial charge in [0.2, 0.25) is 0 Å². The summed E-state index contributed by atoms with van der Waals surface area (Å²) in [6.45, 7) is 6.14. The number of carboxylic acid groups (broad SMARTS) is 1. The van der Waals surface area contributed by atoms with Gasteiger partial charge in [-0.1, -0.05) is 23.7 Å². The van der Waals surface area contributed by atoms with Crippen molar-refractivity contribution >= 4 is 17.6 Å². The Hall–Kier alpha value is -1.06. The van der Waals surface area contributed by atoms with Gasteiger partial charge in [-0.3, -0.25) is 9.69 Å². The number of halogens is 1. The van der Waals surface area contributed by atoms with E-state index in [9.17, 15) is 9.90 Å². The van der Waals surface area contributed by atoms with Crippen LogP contribution in [0.1, 0.15) is 30.9 Å². The van der Waals surface area contributed by atoms with Crippen LogP contribution in [0.5, 0.6) is 0 Å². The van der Waals surface area contributed by atoms with Crippen LogP contribution in [0.3, 0.4) is 0 Å². The number of aryl methyl sites for hydroxylation is 1. The fraction of sp³-hybridized carbons (Fsp3) is 0.533. The molecule has 1 aliphatic rings. The Balaban J connectivity index is 2.06. The second-order valence-electron chi connectivity index (χ2n) is 5.76. The Morgan fingerprint density at radius 2 is 2.26 bits per heavy atom. The van der Waals surface area contributed by atoms with Crippen molar-refractivity contribution in [2.24, 2.45) is 5.41 Å². The van der Waals surface area contributed by atoms with Crippen LogP contribution in [0.2, 0.25) is 5.02 Å². The minimum absolute atomic E-state index is 0.605. The standard InChI is InChI=1S/C15H20ClNO2/c1-11-4-5-12(8-13(11)16)9-17-7-3-6-15(2,10-17)14(18)19/h4-5,8H,3,6-7,9-10H2,1-2H3,(H,18,19). The molecule has 0 bridgehead atoms. The van der Waals surface area contributed by atoms with Gasteiger partial charge >= 0.3 is 5.97 Å². The molecule has 1 fully saturated rings. The molecule has 0 amide bonds. The number of rotatable bonds is 3. The van der Waals surface area contributed by atoms with Crippen molar-refractivity contribution in [1.82, 2.24) is 4.90 Å². The summed E-state index contributed by atoms with van der Waals surface area (Å²) in [5.74, 6) is -0.695. The van der Waals surface area contributed by atoms with E-state index in [4.69, 9.17) is 11.6 Å². The summed E-state index contributed by atoms with van der Waals surface area (Å²) in [5.41, 5.74) is 1.59. The number of hydrogen-bond acceptors (Lipinski definition) is 2. The first-order valence-corrected chi connectivity index (χ1v) is 6.99. The van der Waals surface area contributed by atoms with E-state index in [-0.39, 0.29) is 0 Å². The number of benzene rings is 1. The quantitative estimate of drug-likeness (QED) is 0.924. The van der Waals surface area contributed by atoms with Crippen molar-refractivity contribution in [2.45, 2.75) is 33.2 Å². The average Bonchev–Trinajstić information content (AvgIpc) is 2.34. The SMILES string of the molecule is Cc1ccc(CN2CCCC(C)(C(=O)O)C2)cc1Cl. The van der Waals surface area contributed by atoms with E-state index >= 15 is 0 Å². The third kappa shape index (κ3) is 3.28. The van der Waals surface area contributed by atoms with Crippen molar-refractivity contribution in [3.05, 3.63) is 34.3 Å². The van der Waals surface area contributed by atoms with Crippen molar-refractivity contribution < 1.29 is 9.90 Å². The summed E-state index contributed by atoms with van der Waals surface area (Å²) < 4.78 is 0. The molecule has 1 unspecified atom stereocenters. The Labute approximate surface area is 119 Å². The van der Waals surface area contributed by atoms with E-state index in [1.807, 2.05) is 26.0 Å². The van der Waals surface area contributed by atoms with Gasteiger partial charge in [0.25, 0.3) is 0 Å². The molecule has 1 saturated heterocycles. The van der Waals surface area contributed by atoms with Crippen molar-refractivity contribution in [2.75, 3.05) is 13.1 Å². The van der Waals surface area contributed by atoms with Crippen molar-refractivity contribution in [3.8, 4) is 0 Å². The van der Waals surface area contributed by atoms with Gasteiger partial charge in [0.1, 0.15) is 0 Å². The van der Waals surface area contributed by atoms with Crippen LogP contribution in [0.25, 0.3) is 0 Å². The highest BCUT2D eigenvalue weighted by molar-refractivity contribution is 6.31. The predicted molar refractivity (Wildman–Crippen MR) is 76.4 cm³/mol. The van der Waals surface area contributed by atoms with Crippen LogP contribution >= 0.6 is 11.6 Å². The molecule has 4 heteroatoms. The lowest BCUT2D eigenvalue weighted by atomic mass is 9.82. The van der Waals surface area contributed by atoms with Crippen molar-refractivity contribution in [1.29, 1.82) is 0 Å². The van der Waals surface area contributed by atoms with E-state index in [2.05, 4.69) is 11.0 Å². The number of piperidine rings is 1. The summed E-state index contributed by atoms with van der Waals surface area (Å²) in [4.78, 5) is 13.5. The highest BCUT2D eigenvalue weighted by Gasteiger charge is 2.37. The Morgan fingerprint density at radius 3 is 2.89 bits per heavy atom. The minimum atomic E-state index is -0.695. The van der Waals surface area contributed by atoms with Gasteiger partial charge in [0, 0.05) is 18.1 Å². The predicted octanol–water partition coefficient (Wildman–Crippen LogP) is 3.34. The number of nitrogens with zero attached hydrogens (tertiary/aromatic N) is 1. The monoisotopic (exact) mass is 281 g/mol. The summed E-state index contributed by atoms with van der Waals surface area (Å²) in [6, 6.07) is 6.05. The molecule has 2 rings (SSSR count). The van der Waals surface area contributed by atoms with Crippen LogP contribution in [0.15, 0.2) is 18.2 Å². The smallest absolute Gasteiger partial charge is 0.310 e. The molecule has 0 spiro atoms. The zero-order valence-electron chi connectivity index (χ0n) is 11.4. The Morgan fingerprint density at radius 1 is 1.53 bits per heavy atom. The molecule has 104 valence electrons. The maximum atomic E-state index is 11.3. The van der Waals surface area contributed by atoms with E-state index in [1.165, 1.54) is 0 Å². The molecule has 1 aromatic carbocycles. The Bertz CT molecular complexity index is 489. The second-order valence-corrected chi connectivity index (χ2v) is 6.17. The number of hydrogen-bond donors (Lipinski definition) is 1. The Kier molecular flexibility index (Phi) is 4.16. The average molecular weight is 282 g/mol. The number of likely N-dealkylation sites (tertiary alicyclic amines) is 1. The molecule has 1 atom stereocenters. The van der Waals surface area contributed by atoms with Gasteiger partial charge < -0.3 is 5.11 Å². The lowest BCUT2D eigenvalue weighted by Crippen LogP contribution is -2.45. The van der Waals surface area contributed by atoms with Crippen LogP contribution in [0.4, 0.5) is 0 Å². The van der Waals surface area contributed by atoms with E-state index < -0.39 is 11.4 Å². The third-order valence-corrected chi connectivity index (χ3v) is 4.34. The first-order valence-electron chi connectivity index (χ1n) is 6.61. The number of carboxylic acids is 1. The molecule has 1 aliphatic heterocycles. The first-order chi connectivity index (χ1) is 8.90. The van der Waals surface area contributed by atoms with Gasteiger partial charge in [0.15, 0.2) is 0 Å². The van der Waals surface area contributed by atoms with E-state index in [0.717, 1.165) is 42.1 Å². The van der Waals surface area contributed by atoms with Gasteiger partial charge in [-0.25, -0.2) is 0 Å². The highest BCUT2D eigenvalue weighted by Crippen LogP contribution is 2.30. The molecule has 0 saturated carbocycles. The summed E-state index contributed by atoms with van der Waals surface area (Å²) >= 11 is 6.13. The topological polar surface area (TPSA) is 40.5 Å². The zero-order chi connectivity index (χ0) is 14.0. The maximum Gasteiger partial charge on any atom is 0.310 e. The minimum Gasteiger partial charge on any atom is -0.481 e. The molecule has 0 radical (unpaired) electrons. The van der Waals surface area contributed by atoms with Gasteiger partial charge in [0.05, 0.1) is 5.41 Å². The molecule has 1 heterocycles. The third-order valence-electron chi connectivity index (χ3n) is 3.93. The molecule has 0 aromatic heterocycles. The summed E-state index contributed by atoms with van der Waals surface area (Å²) in [7, 11) is 0. The lowest BCUT2D eigenvalue weighted by molar-refractivity contribution is -0.151. The number of aliphatic carboxylic acids is 1. The fourth-order valence-electron chi connectivity index (χ4n) is 2.65. The molecule has 19 heavy (non-hydrogen) atoms. The molecular formula is C15H20ClNO2. The molecule has 1 N–H and O–H groups in total. The normalized spacial score (nSPS) is 24.4. The highest BCUT2D eigenvalue weighted by atomic mass is 35.5. The largest absolute Gasteiger partial charge is 0.481 e. The van der Waals surface area contributed by atoms with Gasteiger partial charge in [-0.05, 0) is 50.4 Å². The summed E-state index contributed by atoms with van der Waals surface area (Å²) in [6.07, 6.45) is 1.69. The van der Waals surface area contributed by atoms with Crippen LogP contribution < -0.4 is 0 Å². The van der Waals surface area contributed by atoms with Crippen LogP contribution in [0, 0.1) is 12.3 Å². The second kappa shape index (κ2) is 5.51. The van der Waals surface area contributed by atoms with Crippen LogP contribution in [-0.2, 0) is 11.3 Å². The van der Waals surface area contributed by atoms with Crippen molar-refractivity contribution in [3.63, 3.8) is 0 Å². The molecule has 0 aliphatic carbocycles. The summed E-state index contributed by atoms with van der Waals surface area (Å²) in [5, 5.41) is 10.1. The van der Waals surface area contributed by atoms with E-state index in [1.54, 1.807) is 0 Å². The maximum absolute atomic E-state index is 11.3. The molecular weight excluding hydrogens is 262 g/mol. The van der Waals surface area contributed by atoms with Gasteiger partial charge in [-0.15, -0.1) is 0 Å². The lowest BCUT2D eigenvalue weighted by Gasteiger charge is -2.37. The molecule has 1 aromatic rings. The van der Waals surface area contributed by atoms with E-state index in [0.29, 0.717) is 6.54 Å². The molecule has 3 nitrogen and oxygen atoms in total. The number of carbonyl (C=O) groups is 1. The first kappa shape index (κ1) is 14.4. The fourth-order valence-corrected chi connectivity index (χ4v) is 2.85. The van der Waals surface area contributed by atoms with Gasteiger partial charge in [-0.2, -0.15) is 0 Å². The zero-order valence-corrected chi connectivity index (χ0v) is 12.2. The van der Waals surface area contributed by atoms with Crippen LogP contribution in [-0.4, -0.2) is 29.1 Å².